The molecule has 1 saturated carbocycles. The summed E-state index contributed by atoms with van der Waals surface area (Å²) in [6.45, 7) is 13.7. The second-order valence-electron chi connectivity index (χ2n) is 8.15. The Labute approximate surface area is 125 Å². The van der Waals surface area contributed by atoms with Crippen LogP contribution in [0.3, 0.4) is 0 Å². The molecule has 6 unspecified atom stereocenters. The summed E-state index contributed by atoms with van der Waals surface area (Å²) in [7, 11) is 0. The number of likely N-dealkylation sites (tertiary alicyclic amines) is 1. The van der Waals surface area contributed by atoms with Gasteiger partial charge >= 0.3 is 0 Å². The van der Waals surface area contributed by atoms with Gasteiger partial charge in [0, 0.05) is 18.6 Å². The van der Waals surface area contributed by atoms with E-state index in [9.17, 15) is 0 Å². The standard InChI is InChI=1S/C18H34N2/c1-5-17-16-10-19-9-14(16)11-20(17)18-8-13(4)6-7-15(18)12(2)3/h12-19H,5-11H2,1-4H3. The highest BCUT2D eigenvalue weighted by Crippen LogP contribution is 2.43. The molecule has 6 atom stereocenters. The van der Waals surface area contributed by atoms with Crippen molar-refractivity contribution in [2.75, 3.05) is 19.6 Å². The molecule has 0 aromatic rings. The maximum absolute atomic E-state index is 3.63. The Kier molecular flexibility index (Phi) is 4.42. The van der Waals surface area contributed by atoms with Crippen LogP contribution in [0.25, 0.3) is 0 Å². The lowest BCUT2D eigenvalue weighted by Gasteiger charge is -2.45. The number of fused-ring (bicyclic) bond motifs is 1. The van der Waals surface area contributed by atoms with Crippen LogP contribution >= 0.6 is 0 Å². The molecule has 1 N–H and O–H groups in total. The van der Waals surface area contributed by atoms with Crippen molar-refractivity contribution in [1.82, 2.24) is 10.2 Å². The zero-order valence-electron chi connectivity index (χ0n) is 13.9. The van der Waals surface area contributed by atoms with Gasteiger partial charge in [0.25, 0.3) is 0 Å². The van der Waals surface area contributed by atoms with Crippen LogP contribution in [0.4, 0.5) is 0 Å². The molecule has 2 heterocycles. The van der Waals surface area contributed by atoms with Crippen LogP contribution in [-0.2, 0) is 0 Å². The van der Waals surface area contributed by atoms with Crippen LogP contribution in [0, 0.1) is 29.6 Å². The molecule has 0 aromatic heterocycles. The first kappa shape index (κ1) is 14.8. The fourth-order valence-corrected chi connectivity index (χ4v) is 5.51. The molecule has 3 aliphatic rings. The Morgan fingerprint density at radius 2 is 2.00 bits per heavy atom. The maximum Gasteiger partial charge on any atom is 0.0140 e. The first-order valence-corrected chi connectivity index (χ1v) is 9.08. The third-order valence-electron chi connectivity index (χ3n) is 6.59. The second kappa shape index (κ2) is 5.96. The van der Waals surface area contributed by atoms with Crippen LogP contribution in [0.1, 0.15) is 53.4 Å². The molecule has 3 rings (SSSR count). The Hall–Kier alpha value is -0.0800. The quantitative estimate of drug-likeness (QED) is 0.851. The van der Waals surface area contributed by atoms with E-state index in [0.29, 0.717) is 0 Å². The summed E-state index contributed by atoms with van der Waals surface area (Å²) in [5, 5.41) is 3.63. The monoisotopic (exact) mass is 278 g/mol. The number of nitrogens with zero attached hydrogens (tertiary/aromatic N) is 1. The zero-order valence-corrected chi connectivity index (χ0v) is 13.9. The van der Waals surface area contributed by atoms with Crippen molar-refractivity contribution in [2.45, 2.75) is 65.5 Å². The van der Waals surface area contributed by atoms with E-state index in [1.807, 2.05) is 0 Å². The molecular formula is C18H34N2. The summed E-state index contributed by atoms with van der Waals surface area (Å²) in [6.07, 6.45) is 5.72. The van der Waals surface area contributed by atoms with E-state index in [2.05, 4.69) is 37.9 Å². The van der Waals surface area contributed by atoms with E-state index in [0.717, 1.165) is 41.7 Å². The maximum atomic E-state index is 3.63. The summed E-state index contributed by atoms with van der Waals surface area (Å²) in [5.74, 6) is 4.59. The largest absolute Gasteiger partial charge is 0.316 e. The number of hydrogen-bond acceptors (Lipinski definition) is 2. The van der Waals surface area contributed by atoms with Gasteiger partial charge in [-0.1, -0.05) is 34.1 Å². The van der Waals surface area contributed by atoms with Gasteiger partial charge in [-0.3, -0.25) is 4.90 Å². The molecule has 2 aliphatic heterocycles. The topological polar surface area (TPSA) is 15.3 Å². The molecule has 0 radical (unpaired) electrons. The van der Waals surface area contributed by atoms with Gasteiger partial charge in [0.05, 0.1) is 0 Å². The first-order chi connectivity index (χ1) is 9.61. The van der Waals surface area contributed by atoms with Gasteiger partial charge in [0.2, 0.25) is 0 Å². The average Bonchev–Trinajstić information content (AvgIpc) is 2.97. The molecule has 0 amide bonds. The summed E-state index contributed by atoms with van der Waals surface area (Å²) >= 11 is 0. The van der Waals surface area contributed by atoms with Crippen LogP contribution in [0.2, 0.25) is 0 Å². The highest BCUT2D eigenvalue weighted by atomic mass is 15.2. The highest BCUT2D eigenvalue weighted by molar-refractivity contribution is 5.02. The van der Waals surface area contributed by atoms with E-state index in [1.54, 1.807) is 0 Å². The lowest BCUT2D eigenvalue weighted by Crippen LogP contribution is -2.49. The third kappa shape index (κ3) is 2.54. The third-order valence-corrected chi connectivity index (χ3v) is 6.59. The SMILES string of the molecule is CCC1C2CNCC2CN1C1CC(C)CCC1C(C)C. The second-order valence-corrected chi connectivity index (χ2v) is 8.15. The molecule has 3 fully saturated rings. The van der Waals surface area contributed by atoms with Crippen LogP contribution in [0.5, 0.6) is 0 Å². The van der Waals surface area contributed by atoms with E-state index in [4.69, 9.17) is 0 Å². The van der Waals surface area contributed by atoms with Crippen molar-refractivity contribution >= 4 is 0 Å². The number of nitrogens with one attached hydrogen (secondary N) is 1. The van der Waals surface area contributed by atoms with E-state index in [-0.39, 0.29) is 0 Å². The molecule has 2 saturated heterocycles. The predicted octanol–water partition coefficient (Wildman–Crippen LogP) is 3.38. The summed E-state index contributed by atoms with van der Waals surface area (Å²) in [4.78, 5) is 2.97. The highest BCUT2D eigenvalue weighted by Gasteiger charge is 2.48. The van der Waals surface area contributed by atoms with Crippen molar-refractivity contribution < 1.29 is 0 Å². The fourth-order valence-electron chi connectivity index (χ4n) is 5.51. The molecular weight excluding hydrogens is 244 g/mol. The molecule has 20 heavy (non-hydrogen) atoms. The van der Waals surface area contributed by atoms with E-state index in [1.165, 1.54) is 45.3 Å². The first-order valence-electron chi connectivity index (χ1n) is 9.08. The van der Waals surface area contributed by atoms with Gasteiger partial charge in [-0.05, 0) is 61.9 Å². The van der Waals surface area contributed by atoms with E-state index < -0.39 is 0 Å². The molecule has 0 spiro atoms. The zero-order chi connectivity index (χ0) is 14.3. The summed E-state index contributed by atoms with van der Waals surface area (Å²) in [5.41, 5.74) is 0. The average molecular weight is 278 g/mol. The number of rotatable bonds is 3. The molecule has 1 aliphatic carbocycles. The van der Waals surface area contributed by atoms with Crippen molar-refractivity contribution in [3.63, 3.8) is 0 Å². The van der Waals surface area contributed by atoms with Crippen LogP contribution < -0.4 is 5.32 Å². The van der Waals surface area contributed by atoms with Crippen molar-refractivity contribution in [3.8, 4) is 0 Å². The molecule has 0 aromatic carbocycles. The van der Waals surface area contributed by atoms with Crippen molar-refractivity contribution in [3.05, 3.63) is 0 Å². The molecule has 0 bridgehead atoms. The van der Waals surface area contributed by atoms with Gasteiger partial charge in [-0.25, -0.2) is 0 Å². The predicted molar refractivity (Wildman–Crippen MR) is 85.8 cm³/mol. The molecule has 2 nitrogen and oxygen atoms in total. The van der Waals surface area contributed by atoms with Crippen molar-refractivity contribution in [2.24, 2.45) is 29.6 Å². The minimum Gasteiger partial charge on any atom is -0.316 e. The van der Waals surface area contributed by atoms with E-state index >= 15 is 0 Å². The van der Waals surface area contributed by atoms with Crippen LogP contribution in [0.15, 0.2) is 0 Å². The Morgan fingerprint density at radius 3 is 2.70 bits per heavy atom. The summed E-state index contributed by atoms with van der Waals surface area (Å²) < 4.78 is 0. The van der Waals surface area contributed by atoms with Gasteiger partial charge in [0.15, 0.2) is 0 Å². The number of hydrogen-bond donors (Lipinski definition) is 1. The lowest BCUT2D eigenvalue weighted by molar-refractivity contribution is 0.0411. The molecule has 2 heteroatoms. The van der Waals surface area contributed by atoms with Crippen LogP contribution in [-0.4, -0.2) is 36.6 Å². The summed E-state index contributed by atoms with van der Waals surface area (Å²) in [6, 6.07) is 1.72. The Morgan fingerprint density at radius 1 is 1.20 bits per heavy atom. The Bertz CT molecular complexity index is 327. The van der Waals surface area contributed by atoms with Crippen molar-refractivity contribution in [1.29, 1.82) is 0 Å². The minimum atomic E-state index is 0.851. The molecule has 116 valence electrons. The van der Waals surface area contributed by atoms with Gasteiger partial charge in [0.1, 0.15) is 0 Å². The lowest BCUT2D eigenvalue weighted by atomic mass is 9.73. The van der Waals surface area contributed by atoms with Gasteiger partial charge in [-0.15, -0.1) is 0 Å². The minimum absolute atomic E-state index is 0.851. The normalized spacial score (nSPS) is 46.0. The van der Waals surface area contributed by atoms with Gasteiger partial charge < -0.3 is 5.32 Å². The van der Waals surface area contributed by atoms with Gasteiger partial charge in [-0.2, -0.15) is 0 Å². The Balaban J connectivity index is 1.78. The fraction of sp³-hybridized carbons (Fsp3) is 1.00. The smallest absolute Gasteiger partial charge is 0.0140 e.